The summed E-state index contributed by atoms with van der Waals surface area (Å²) >= 11 is 0. The molecule has 0 radical (unpaired) electrons. The normalized spacial score (nSPS) is 13.1. The highest BCUT2D eigenvalue weighted by molar-refractivity contribution is 7.92. The van der Waals surface area contributed by atoms with Crippen molar-refractivity contribution >= 4 is 21.5 Å². The number of nitrogens with one attached hydrogen (secondary N) is 2. The lowest BCUT2D eigenvalue weighted by molar-refractivity contribution is 0.174. The number of pyridine rings is 1. The fourth-order valence-electron chi connectivity index (χ4n) is 2.12. The number of sulfonamides is 1. The van der Waals surface area contributed by atoms with E-state index in [2.05, 4.69) is 28.9 Å². The standard InChI is InChI=1S/C16H19N3O4S/c1-11(2)8-17-12-3-6-16(18-9-12)19-24(20,21)13-4-5-14-15(7-13)23-10-22-14/h3-7,9,11,17H,8,10H2,1-2H3,(H,18,19). The molecule has 1 aromatic carbocycles. The Morgan fingerprint density at radius 1 is 1.17 bits per heavy atom. The van der Waals surface area contributed by atoms with Gasteiger partial charge < -0.3 is 14.8 Å². The van der Waals surface area contributed by atoms with Crippen LogP contribution < -0.4 is 19.5 Å². The Kier molecular flexibility index (Phi) is 4.48. The van der Waals surface area contributed by atoms with Crippen molar-refractivity contribution in [1.29, 1.82) is 0 Å². The van der Waals surface area contributed by atoms with Gasteiger partial charge in [0.25, 0.3) is 10.0 Å². The van der Waals surface area contributed by atoms with Crippen LogP contribution in [-0.4, -0.2) is 26.7 Å². The topological polar surface area (TPSA) is 89.5 Å². The van der Waals surface area contributed by atoms with Crippen LogP contribution in [-0.2, 0) is 10.0 Å². The third-order valence-corrected chi connectivity index (χ3v) is 4.72. The van der Waals surface area contributed by atoms with Crippen molar-refractivity contribution in [2.24, 2.45) is 5.92 Å². The van der Waals surface area contributed by atoms with Crippen LogP contribution in [0.4, 0.5) is 11.5 Å². The van der Waals surface area contributed by atoms with Gasteiger partial charge in [0.05, 0.1) is 16.8 Å². The monoisotopic (exact) mass is 349 g/mol. The maximum absolute atomic E-state index is 12.4. The lowest BCUT2D eigenvalue weighted by atomic mass is 10.2. The zero-order chi connectivity index (χ0) is 17.2. The molecule has 2 heterocycles. The zero-order valence-corrected chi connectivity index (χ0v) is 14.3. The molecule has 0 saturated carbocycles. The lowest BCUT2D eigenvalue weighted by Crippen LogP contribution is -2.14. The fraction of sp³-hybridized carbons (Fsp3) is 0.312. The van der Waals surface area contributed by atoms with E-state index in [1.807, 2.05) is 0 Å². The molecule has 0 aliphatic carbocycles. The van der Waals surface area contributed by atoms with Gasteiger partial charge in [-0.05, 0) is 30.2 Å². The summed E-state index contributed by atoms with van der Waals surface area (Å²) < 4.78 is 37.7. The van der Waals surface area contributed by atoms with Gasteiger partial charge in [-0.3, -0.25) is 4.72 Å². The van der Waals surface area contributed by atoms with E-state index in [9.17, 15) is 8.42 Å². The largest absolute Gasteiger partial charge is 0.454 e. The van der Waals surface area contributed by atoms with Gasteiger partial charge in [-0.15, -0.1) is 0 Å². The van der Waals surface area contributed by atoms with Crippen LogP contribution in [0.15, 0.2) is 41.4 Å². The Morgan fingerprint density at radius 2 is 1.96 bits per heavy atom. The van der Waals surface area contributed by atoms with Crippen molar-refractivity contribution in [3.8, 4) is 11.5 Å². The molecule has 1 aliphatic heterocycles. The average Bonchev–Trinajstić information content (AvgIpc) is 3.01. The van der Waals surface area contributed by atoms with Crippen LogP contribution in [0.2, 0.25) is 0 Å². The van der Waals surface area contributed by atoms with E-state index in [4.69, 9.17) is 9.47 Å². The van der Waals surface area contributed by atoms with Crippen LogP contribution in [0.25, 0.3) is 0 Å². The first-order valence-corrected chi connectivity index (χ1v) is 9.05. The van der Waals surface area contributed by atoms with Gasteiger partial charge >= 0.3 is 0 Å². The Bertz CT molecular complexity index is 820. The molecule has 0 saturated heterocycles. The summed E-state index contributed by atoms with van der Waals surface area (Å²) in [5.74, 6) is 1.71. The molecular formula is C16H19N3O4S. The maximum atomic E-state index is 12.4. The predicted molar refractivity (Wildman–Crippen MR) is 90.9 cm³/mol. The number of hydrogen-bond acceptors (Lipinski definition) is 6. The highest BCUT2D eigenvalue weighted by Gasteiger charge is 2.20. The molecule has 0 amide bonds. The summed E-state index contributed by atoms with van der Waals surface area (Å²) in [6, 6.07) is 7.88. The van der Waals surface area contributed by atoms with Crippen LogP contribution in [0.3, 0.4) is 0 Å². The van der Waals surface area contributed by atoms with Crippen LogP contribution in [0, 0.1) is 5.92 Å². The number of rotatable bonds is 6. The summed E-state index contributed by atoms with van der Waals surface area (Å²) in [5.41, 5.74) is 0.842. The fourth-order valence-corrected chi connectivity index (χ4v) is 3.14. The van der Waals surface area contributed by atoms with Crippen molar-refractivity contribution in [2.45, 2.75) is 18.7 Å². The number of fused-ring (bicyclic) bond motifs is 1. The summed E-state index contributed by atoms with van der Waals surface area (Å²) in [4.78, 5) is 4.22. The van der Waals surface area contributed by atoms with Gasteiger partial charge in [0.2, 0.25) is 6.79 Å². The minimum atomic E-state index is -3.74. The van der Waals surface area contributed by atoms with E-state index in [0.29, 0.717) is 17.4 Å². The van der Waals surface area contributed by atoms with Gasteiger partial charge in [-0.25, -0.2) is 13.4 Å². The molecule has 3 rings (SSSR count). The van der Waals surface area contributed by atoms with E-state index in [-0.39, 0.29) is 17.5 Å². The van der Waals surface area contributed by atoms with E-state index in [1.54, 1.807) is 24.4 Å². The number of hydrogen-bond donors (Lipinski definition) is 2. The number of aromatic nitrogens is 1. The number of nitrogens with zero attached hydrogens (tertiary/aromatic N) is 1. The smallest absolute Gasteiger partial charge is 0.263 e. The van der Waals surface area contributed by atoms with Gasteiger partial charge in [0.1, 0.15) is 5.82 Å². The van der Waals surface area contributed by atoms with Crippen molar-refractivity contribution in [1.82, 2.24) is 4.98 Å². The highest BCUT2D eigenvalue weighted by Crippen LogP contribution is 2.34. The second-order valence-corrected chi connectivity index (χ2v) is 7.51. The van der Waals surface area contributed by atoms with Gasteiger partial charge in [-0.1, -0.05) is 13.8 Å². The first kappa shape index (κ1) is 16.4. The molecule has 24 heavy (non-hydrogen) atoms. The first-order valence-electron chi connectivity index (χ1n) is 7.56. The van der Waals surface area contributed by atoms with Crippen molar-refractivity contribution < 1.29 is 17.9 Å². The quantitative estimate of drug-likeness (QED) is 0.833. The SMILES string of the molecule is CC(C)CNc1ccc(NS(=O)(=O)c2ccc3c(c2)OCO3)nc1. The molecule has 0 unspecified atom stereocenters. The van der Waals surface area contributed by atoms with Gasteiger partial charge in [0, 0.05) is 12.6 Å². The Balaban J connectivity index is 1.72. The van der Waals surface area contributed by atoms with Crippen LogP contribution in [0.5, 0.6) is 11.5 Å². The number of benzene rings is 1. The Hall–Kier alpha value is -2.48. The third kappa shape index (κ3) is 3.70. The van der Waals surface area contributed by atoms with Gasteiger partial charge in [-0.2, -0.15) is 0 Å². The van der Waals surface area contributed by atoms with E-state index in [0.717, 1.165) is 12.2 Å². The summed E-state index contributed by atoms with van der Waals surface area (Å²) in [5, 5.41) is 3.22. The molecule has 0 atom stereocenters. The van der Waals surface area contributed by atoms with Crippen molar-refractivity contribution in [3.63, 3.8) is 0 Å². The van der Waals surface area contributed by atoms with Crippen LogP contribution in [0.1, 0.15) is 13.8 Å². The highest BCUT2D eigenvalue weighted by atomic mass is 32.2. The van der Waals surface area contributed by atoms with Gasteiger partial charge in [0.15, 0.2) is 11.5 Å². The molecule has 128 valence electrons. The Morgan fingerprint density at radius 3 is 2.67 bits per heavy atom. The summed E-state index contributed by atoms with van der Waals surface area (Å²) in [6.07, 6.45) is 1.60. The second-order valence-electron chi connectivity index (χ2n) is 5.83. The predicted octanol–water partition coefficient (Wildman–Crippen LogP) is 2.68. The second kappa shape index (κ2) is 6.56. The molecule has 0 spiro atoms. The van der Waals surface area contributed by atoms with Crippen molar-refractivity contribution in [3.05, 3.63) is 36.5 Å². The van der Waals surface area contributed by atoms with Crippen molar-refractivity contribution in [2.75, 3.05) is 23.4 Å². The third-order valence-electron chi connectivity index (χ3n) is 3.37. The van der Waals surface area contributed by atoms with E-state index in [1.165, 1.54) is 12.1 Å². The summed E-state index contributed by atoms with van der Waals surface area (Å²) in [7, 11) is -3.74. The zero-order valence-electron chi connectivity index (χ0n) is 13.4. The van der Waals surface area contributed by atoms with E-state index < -0.39 is 10.0 Å². The summed E-state index contributed by atoms with van der Waals surface area (Å²) in [6.45, 7) is 5.13. The molecule has 2 N–H and O–H groups in total. The molecule has 2 aromatic rings. The maximum Gasteiger partial charge on any atom is 0.263 e. The van der Waals surface area contributed by atoms with Crippen LogP contribution >= 0.6 is 0 Å². The molecule has 0 bridgehead atoms. The molecule has 7 nitrogen and oxygen atoms in total. The Labute approximate surface area is 141 Å². The lowest BCUT2D eigenvalue weighted by Gasteiger charge is -2.10. The molecule has 1 aromatic heterocycles. The first-order chi connectivity index (χ1) is 11.4. The minimum absolute atomic E-state index is 0.0931. The molecular weight excluding hydrogens is 330 g/mol. The number of anilines is 2. The molecule has 1 aliphatic rings. The number of ether oxygens (including phenoxy) is 2. The average molecular weight is 349 g/mol. The minimum Gasteiger partial charge on any atom is -0.454 e. The molecule has 0 fully saturated rings. The van der Waals surface area contributed by atoms with E-state index >= 15 is 0 Å². The molecule has 8 heteroatoms.